The molecule has 2 amide bonds. The predicted octanol–water partition coefficient (Wildman–Crippen LogP) is 5.49. The molecule has 0 radical (unpaired) electrons. The fourth-order valence-corrected chi connectivity index (χ4v) is 11.8. The van der Waals surface area contributed by atoms with Crippen LogP contribution in [0.1, 0.15) is 70.1 Å². The minimum absolute atomic E-state index is 0.100. The summed E-state index contributed by atoms with van der Waals surface area (Å²) in [6, 6.07) is 20.1. The maximum atomic E-state index is 14.1. The lowest BCUT2D eigenvalue weighted by molar-refractivity contribution is 0.0137. The SMILES string of the molecule is C=C[C@H](O[Si](c1ccccc1)(c1ccccc1)C(C)(C)C)[C@@H](COS(C)(=O)=O)CN(C)C(=O)c1[nH]cc2c1CN(C(=O)OC(C)(C)C)[C@H](C)C2. The van der Waals surface area contributed by atoms with Gasteiger partial charge in [-0.25, -0.2) is 4.79 Å². The molecule has 50 heavy (non-hydrogen) atoms. The predicted molar refractivity (Wildman–Crippen MR) is 200 cm³/mol. The molecule has 0 fully saturated rings. The minimum atomic E-state index is -3.82. The molecule has 1 N–H and O–H groups in total. The van der Waals surface area contributed by atoms with E-state index in [0.29, 0.717) is 12.1 Å². The first kappa shape index (κ1) is 39.1. The van der Waals surface area contributed by atoms with Crippen molar-refractivity contribution < 1.29 is 31.4 Å². The molecule has 12 heteroatoms. The van der Waals surface area contributed by atoms with Gasteiger partial charge in [0.2, 0.25) is 0 Å². The topological polar surface area (TPSA) is 118 Å². The van der Waals surface area contributed by atoms with E-state index in [1.54, 1.807) is 22.9 Å². The molecule has 3 aromatic rings. The average Bonchev–Trinajstić information content (AvgIpc) is 3.44. The van der Waals surface area contributed by atoms with Gasteiger partial charge in [0.15, 0.2) is 0 Å². The summed E-state index contributed by atoms with van der Waals surface area (Å²) in [6.45, 7) is 18.1. The first-order valence-electron chi connectivity index (χ1n) is 17.0. The normalized spacial score (nSPS) is 16.7. The summed E-state index contributed by atoms with van der Waals surface area (Å²) in [6.07, 6.45) is 3.95. The maximum Gasteiger partial charge on any atom is 0.410 e. The van der Waals surface area contributed by atoms with Crippen molar-refractivity contribution in [2.24, 2.45) is 5.92 Å². The molecule has 0 saturated carbocycles. The van der Waals surface area contributed by atoms with Gasteiger partial charge in [0, 0.05) is 37.3 Å². The number of H-pyrrole nitrogens is 1. The average molecular weight is 724 g/mol. The molecule has 0 bridgehead atoms. The van der Waals surface area contributed by atoms with Gasteiger partial charge in [0.25, 0.3) is 24.3 Å². The van der Waals surface area contributed by atoms with E-state index in [-0.39, 0.29) is 36.7 Å². The molecule has 0 saturated heterocycles. The number of carbonyl (C=O) groups is 2. The molecular weight excluding hydrogens is 671 g/mol. The molecule has 1 aromatic heterocycles. The van der Waals surface area contributed by atoms with Crippen molar-refractivity contribution in [2.45, 2.75) is 84.2 Å². The maximum absolute atomic E-state index is 14.1. The van der Waals surface area contributed by atoms with Crippen LogP contribution in [-0.2, 0) is 36.4 Å². The monoisotopic (exact) mass is 723 g/mol. The zero-order valence-electron chi connectivity index (χ0n) is 30.9. The molecule has 10 nitrogen and oxygen atoms in total. The Morgan fingerprint density at radius 3 is 2.08 bits per heavy atom. The van der Waals surface area contributed by atoms with Gasteiger partial charge in [-0.3, -0.25) is 8.98 Å². The largest absolute Gasteiger partial charge is 0.444 e. The fourth-order valence-electron chi connectivity index (χ4n) is 6.69. The minimum Gasteiger partial charge on any atom is -0.444 e. The van der Waals surface area contributed by atoms with E-state index in [2.05, 4.69) is 56.6 Å². The van der Waals surface area contributed by atoms with E-state index in [1.165, 1.54) is 0 Å². The van der Waals surface area contributed by atoms with Crippen LogP contribution in [0, 0.1) is 5.92 Å². The van der Waals surface area contributed by atoms with Crippen molar-refractivity contribution in [1.82, 2.24) is 14.8 Å². The molecule has 0 unspecified atom stereocenters. The van der Waals surface area contributed by atoms with Crippen LogP contribution in [0.25, 0.3) is 0 Å². The molecule has 1 aliphatic rings. The summed E-state index contributed by atoms with van der Waals surface area (Å²) < 4.78 is 43.0. The molecule has 0 aliphatic carbocycles. The van der Waals surface area contributed by atoms with Gasteiger partial charge in [-0.1, -0.05) is 87.5 Å². The Labute approximate surface area is 299 Å². The molecule has 2 heterocycles. The second-order valence-electron chi connectivity index (χ2n) is 15.2. The molecule has 3 atom stereocenters. The Morgan fingerprint density at radius 2 is 1.60 bits per heavy atom. The second-order valence-corrected chi connectivity index (χ2v) is 21.1. The number of hydrogen-bond acceptors (Lipinski definition) is 7. The highest BCUT2D eigenvalue weighted by molar-refractivity contribution is 7.85. The third kappa shape index (κ3) is 8.95. The highest BCUT2D eigenvalue weighted by atomic mass is 32.2. The lowest BCUT2D eigenvalue weighted by atomic mass is 9.97. The lowest BCUT2D eigenvalue weighted by Crippen LogP contribution is -2.68. The number of fused-ring (bicyclic) bond motifs is 1. The van der Waals surface area contributed by atoms with Gasteiger partial charge < -0.3 is 23.9 Å². The number of hydrogen-bond donors (Lipinski definition) is 1. The summed E-state index contributed by atoms with van der Waals surface area (Å²) in [7, 11) is -5.25. The fraction of sp³-hybridized carbons (Fsp3) is 0.474. The van der Waals surface area contributed by atoms with E-state index in [0.717, 1.165) is 27.8 Å². The summed E-state index contributed by atoms with van der Waals surface area (Å²) in [5.74, 6) is -0.913. The van der Waals surface area contributed by atoms with Crippen LogP contribution >= 0.6 is 0 Å². The molecular formula is C38H53N3O7SSi. The van der Waals surface area contributed by atoms with Crippen molar-refractivity contribution in [3.05, 3.63) is 96.3 Å². The van der Waals surface area contributed by atoms with Crippen LogP contribution < -0.4 is 10.4 Å². The second kappa shape index (κ2) is 15.3. The molecule has 2 aromatic carbocycles. The van der Waals surface area contributed by atoms with E-state index >= 15 is 0 Å². The van der Waals surface area contributed by atoms with Crippen LogP contribution in [0.15, 0.2) is 79.5 Å². The van der Waals surface area contributed by atoms with E-state index < -0.39 is 42.2 Å². The van der Waals surface area contributed by atoms with Gasteiger partial charge in [-0.2, -0.15) is 8.42 Å². The van der Waals surface area contributed by atoms with Crippen molar-refractivity contribution in [1.29, 1.82) is 0 Å². The van der Waals surface area contributed by atoms with Crippen molar-refractivity contribution in [2.75, 3.05) is 26.5 Å². The number of aromatic nitrogens is 1. The highest BCUT2D eigenvalue weighted by Crippen LogP contribution is 2.39. The Morgan fingerprint density at radius 1 is 1.04 bits per heavy atom. The van der Waals surface area contributed by atoms with Gasteiger partial charge in [0.05, 0.1) is 25.5 Å². The van der Waals surface area contributed by atoms with Gasteiger partial charge >= 0.3 is 6.09 Å². The zero-order chi connectivity index (χ0) is 37.1. The van der Waals surface area contributed by atoms with Crippen LogP contribution in [-0.4, -0.2) is 87.7 Å². The van der Waals surface area contributed by atoms with Crippen molar-refractivity contribution in [3.8, 4) is 0 Å². The molecule has 272 valence electrons. The Balaban J connectivity index is 1.69. The Kier molecular flexibility index (Phi) is 11.9. The quantitative estimate of drug-likeness (QED) is 0.149. The summed E-state index contributed by atoms with van der Waals surface area (Å²) in [5.41, 5.74) is 1.41. The van der Waals surface area contributed by atoms with Gasteiger partial charge in [-0.15, -0.1) is 6.58 Å². The van der Waals surface area contributed by atoms with Crippen LogP contribution in [0.4, 0.5) is 4.79 Å². The number of aromatic amines is 1. The number of ether oxygens (including phenoxy) is 1. The zero-order valence-corrected chi connectivity index (χ0v) is 32.7. The summed E-state index contributed by atoms with van der Waals surface area (Å²) in [4.78, 5) is 33.6. The third-order valence-corrected chi connectivity index (χ3v) is 14.7. The van der Waals surface area contributed by atoms with E-state index in [1.807, 2.05) is 70.3 Å². The smallest absolute Gasteiger partial charge is 0.410 e. The lowest BCUT2D eigenvalue weighted by Gasteiger charge is -2.46. The summed E-state index contributed by atoms with van der Waals surface area (Å²) >= 11 is 0. The summed E-state index contributed by atoms with van der Waals surface area (Å²) in [5, 5.41) is 1.75. The Hall–Kier alpha value is -3.71. The Bertz CT molecular complexity index is 1710. The van der Waals surface area contributed by atoms with Crippen LogP contribution in [0.2, 0.25) is 5.04 Å². The number of benzene rings is 2. The van der Waals surface area contributed by atoms with Crippen molar-refractivity contribution >= 4 is 40.8 Å². The van der Waals surface area contributed by atoms with Crippen molar-refractivity contribution in [3.63, 3.8) is 0 Å². The molecule has 4 rings (SSSR count). The highest BCUT2D eigenvalue weighted by Gasteiger charge is 2.52. The number of carbonyl (C=O) groups excluding carboxylic acids is 2. The number of nitrogens with zero attached hydrogens (tertiary/aromatic N) is 2. The van der Waals surface area contributed by atoms with E-state index in [4.69, 9.17) is 13.3 Å². The molecule has 0 spiro atoms. The molecule has 1 aliphatic heterocycles. The van der Waals surface area contributed by atoms with E-state index in [9.17, 15) is 18.0 Å². The van der Waals surface area contributed by atoms with Crippen LogP contribution in [0.3, 0.4) is 0 Å². The first-order chi connectivity index (χ1) is 23.3. The number of rotatable bonds is 12. The first-order valence-corrected chi connectivity index (χ1v) is 20.7. The third-order valence-electron chi connectivity index (χ3n) is 9.08. The van der Waals surface area contributed by atoms with Crippen LogP contribution in [0.5, 0.6) is 0 Å². The van der Waals surface area contributed by atoms with Gasteiger partial charge in [-0.05, 0) is 55.1 Å². The van der Waals surface area contributed by atoms with Gasteiger partial charge in [0.1, 0.15) is 11.3 Å². The standard InChI is InChI=1S/C38H53N3O7SSi/c1-11-33(48-50(38(6,7)8,30-18-14-12-15-19-30)31-20-16-13-17-21-31)29(26-46-49(10,44)45)24-40(9)35(42)34-32-25-41(36(43)47-37(3,4)5)27(2)22-28(32)23-39-34/h11-21,23,27,29,33,39H,1,22,24-26H2,2-10H3/t27-,29-,33+/m1/s1. The number of amides is 2. The number of nitrogens with one attached hydrogen (secondary N) is 1.